The van der Waals surface area contributed by atoms with Gasteiger partial charge in [0.15, 0.2) is 21.4 Å². The van der Waals surface area contributed by atoms with Crippen LogP contribution in [0.15, 0.2) is 47.4 Å². The molecule has 0 fully saturated rings. The number of hydrogen-bond acceptors (Lipinski definition) is 4. The molecular weight excluding hydrogens is 353 g/mol. The van der Waals surface area contributed by atoms with E-state index >= 15 is 0 Å². The van der Waals surface area contributed by atoms with Gasteiger partial charge < -0.3 is 9.64 Å². The zero-order valence-electron chi connectivity index (χ0n) is 13.5. The molecule has 0 spiro atoms. The fraction of sp³-hybridized carbons (Fsp3) is 0.294. The van der Waals surface area contributed by atoms with Crippen LogP contribution in [0.25, 0.3) is 0 Å². The van der Waals surface area contributed by atoms with E-state index in [-0.39, 0.29) is 16.4 Å². The third kappa shape index (κ3) is 4.93. The van der Waals surface area contributed by atoms with Crippen molar-refractivity contribution in [3.63, 3.8) is 0 Å². The monoisotopic (exact) mass is 371 g/mol. The Kier molecular flexibility index (Phi) is 6.21. The molecule has 130 valence electrons. The molecule has 0 radical (unpaired) electrons. The second kappa shape index (κ2) is 7.96. The van der Waals surface area contributed by atoms with E-state index in [1.54, 1.807) is 31.3 Å². The maximum absolute atomic E-state index is 13.7. The molecule has 0 atom stereocenters. The molecular formula is C17H19ClFNO3S. The average Bonchev–Trinajstić information content (AvgIpc) is 2.54. The summed E-state index contributed by atoms with van der Waals surface area (Å²) >= 11 is 5.77. The van der Waals surface area contributed by atoms with E-state index in [4.69, 9.17) is 16.3 Å². The summed E-state index contributed by atoms with van der Waals surface area (Å²) in [5.74, 6) is -0.270. The minimum absolute atomic E-state index is 0.0240. The van der Waals surface area contributed by atoms with Crippen LogP contribution in [-0.4, -0.2) is 39.8 Å². The Morgan fingerprint density at radius 1 is 1.17 bits per heavy atom. The van der Waals surface area contributed by atoms with E-state index in [9.17, 15) is 12.8 Å². The predicted molar refractivity (Wildman–Crippen MR) is 92.8 cm³/mol. The molecule has 0 aliphatic rings. The first-order chi connectivity index (χ1) is 11.3. The van der Waals surface area contributed by atoms with Crippen molar-refractivity contribution in [1.82, 2.24) is 4.90 Å². The number of sulfone groups is 1. The van der Waals surface area contributed by atoms with Crippen LogP contribution in [0.3, 0.4) is 0 Å². The van der Waals surface area contributed by atoms with Gasteiger partial charge in [0.1, 0.15) is 0 Å². The predicted octanol–water partition coefficient (Wildman–Crippen LogP) is 3.39. The average molecular weight is 372 g/mol. The lowest BCUT2D eigenvalue weighted by molar-refractivity contribution is 0.343. The lowest BCUT2D eigenvalue weighted by atomic mass is 10.2. The summed E-state index contributed by atoms with van der Waals surface area (Å²) in [6, 6.07) is 10.8. The summed E-state index contributed by atoms with van der Waals surface area (Å²) in [4.78, 5) is 2.07. The van der Waals surface area contributed by atoms with Crippen LogP contribution in [0.1, 0.15) is 5.56 Å². The normalized spacial score (nSPS) is 11.7. The van der Waals surface area contributed by atoms with Crippen molar-refractivity contribution in [2.75, 3.05) is 26.5 Å². The van der Waals surface area contributed by atoms with Crippen LogP contribution >= 0.6 is 11.6 Å². The van der Waals surface area contributed by atoms with Crippen LogP contribution in [0.4, 0.5) is 4.39 Å². The Labute approximate surface area is 146 Å². The van der Waals surface area contributed by atoms with Gasteiger partial charge in [0, 0.05) is 18.1 Å². The van der Waals surface area contributed by atoms with Gasteiger partial charge in [-0.2, -0.15) is 0 Å². The van der Waals surface area contributed by atoms with Gasteiger partial charge >= 0.3 is 0 Å². The smallest absolute Gasteiger partial charge is 0.179 e. The minimum atomic E-state index is -3.38. The molecule has 0 unspecified atom stereocenters. The van der Waals surface area contributed by atoms with Gasteiger partial charge in [-0.1, -0.05) is 17.7 Å². The third-order valence-electron chi connectivity index (χ3n) is 3.58. The van der Waals surface area contributed by atoms with Crippen molar-refractivity contribution in [2.45, 2.75) is 11.4 Å². The van der Waals surface area contributed by atoms with Crippen molar-refractivity contribution >= 4 is 21.4 Å². The maximum atomic E-state index is 13.7. The standard InChI is InChI=1S/C17H19ClFNO3S/c1-20(12-13-3-8-17(23-2)16(19)11-13)9-10-24(21,22)15-6-4-14(18)5-7-15/h3-8,11H,9-10,12H2,1-2H3. The first-order valence-electron chi connectivity index (χ1n) is 7.31. The summed E-state index contributed by atoms with van der Waals surface area (Å²) in [5, 5.41) is 0.493. The van der Waals surface area contributed by atoms with E-state index < -0.39 is 15.7 Å². The molecule has 0 N–H and O–H groups in total. The van der Waals surface area contributed by atoms with Crippen molar-refractivity contribution in [2.24, 2.45) is 0 Å². The second-order valence-corrected chi connectivity index (χ2v) is 8.03. The molecule has 0 saturated heterocycles. The van der Waals surface area contributed by atoms with Crippen molar-refractivity contribution in [3.05, 3.63) is 58.9 Å². The minimum Gasteiger partial charge on any atom is -0.494 e. The molecule has 0 aromatic heterocycles. The van der Waals surface area contributed by atoms with Gasteiger partial charge in [-0.25, -0.2) is 12.8 Å². The van der Waals surface area contributed by atoms with Crippen molar-refractivity contribution in [1.29, 1.82) is 0 Å². The quantitative estimate of drug-likeness (QED) is 0.748. The van der Waals surface area contributed by atoms with Gasteiger partial charge in [-0.05, 0) is 49.0 Å². The molecule has 0 aliphatic heterocycles. The lowest BCUT2D eigenvalue weighted by Crippen LogP contribution is -2.25. The van der Waals surface area contributed by atoms with Gasteiger partial charge in [-0.3, -0.25) is 0 Å². The molecule has 2 aromatic carbocycles. The number of benzene rings is 2. The Morgan fingerprint density at radius 2 is 1.83 bits per heavy atom. The summed E-state index contributed by atoms with van der Waals surface area (Å²) in [6.07, 6.45) is 0. The van der Waals surface area contributed by atoms with Gasteiger partial charge in [0.25, 0.3) is 0 Å². The van der Waals surface area contributed by atoms with Crippen molar-refractivity contribution < 1.29 is 17.5 Å². The summed E-state index contributed by atoms with van der Waals surface area (Å²) in [5.41, 5.74) is 0.750. The first-order valence-corrected chi connectivity index (χ1v) is 9.34. The van der Waals surface area contributed by atoms with E-state index in [1.807, 2.05) is 4.90 Å². The second-order valence-electron chi connectivity index (χ2n) is 5.48. The summed E-state index contributed by atoms with van der Waals surface area (Å²) in [6.45, 7) is 0.773. The zero-order chi connectivity index (χ0) is 17.7. The lowest BCUT2D eigenvalue weighted by Gasteiger charge is -2.17. The van der Waals surface area contributed by atoms with Crippen LogP contribution in [0, 0.1) is 5.82 Å². The van der Waals surface area contributed by atoms with Crippen LogP contribution in [0.2, 0.25) is 5.02 Å². The topological polar surface area (TPSA) is 46.6 Å². The molecule has 7 heteroatoms. The fourth-order valence-corrected chi connectivity index (χ4v) is 3.70. The van der Waals surface area contributed by atoms with E-state index in [0.717, 1.165) is 5.56 Å². The molecule has 0 aliphatic carbocycles. The first kappa shape index (κ1) is 18.7. The van der Waals surface area contributed by atoms with E-state index in [1.165, 1.54) is 25.3 Å². The number of ether oxygens (including phenoxy) is 1. The third-order valence-corrected chi connectivity index (χ3v) is 5.55. The zero-order valence-corrected chi connectivity index (χ0v) is 15.1. The fourth-order valence-electron chi connectivity index (χ4n) is 2.23. The Bertz CT molecular complexity index is 794. The number of halogens is 2. The molecule has 0 bridgehead atoms. The largest absolute Gasteiger partial charge is 0.494 e. The molecule has 0 amide bonds. The summed E-state index contributed by atoms with van der Waals surface area (Å²) < 4.78 is 43.1. The van der Waals surface area contributed by atoms with Crippen LogP contribution in [-0.2, 0) is 16.4 Å². The molecule has 24 heavy (non-hydrogen) atoms. The highest BCUT2D eigenvalue weighted by Crippen LogP contribution is 2.19. The van der Waals surface area contributed by atoms with Crippen molar-refractivity contribution in [3.8, 4) is 5.75 Å². The van der Waals surface area contributed by atoms with E-state index in [0.29, 0.717) is 18.1 Å². The molecule has 0 saturated carbocycles. The number of methoxy groups -OCH3 is 1. The Hall–Kier alpha value is -1.63. The molecule has 2 aromatic rings. The molecule has 4 nitrogen and oxygen atoms in total. The summed E-state index contributed by atoms with van der Waals surface area (Å²) in [7, 11) is -0.178. The highest BCUT2D eigenvalue weighted by molar-refractivity contribution is 7.91. The highest BCUT2D eigenvalue weighted by Gasteiger charge is 2.15. The Morgan fingerprint density at radius 3 is 2.42 bits per heavy atom. The number of rotatable bonds is 7. The highest BCUT2D eigenvalue weighted by atomic mass is 35.5. The molecule has 2 rings (SSSR count). The van der Waals surface area contributed by atoms with E-state index in [2.05, 4.69) is 0 Å². The number of hydrogen-bond donors (Lipinski definition) is 0. The molecule has 0 heterocycles. The van der Waals surface area contributed by atoms with Gasteiger partial charge in [0.2, 0.25) is 0 Å². The van der Waals surface area contributed by atoms with Crippen LogP contribution < -0.4 is 4.74 Å². The van der Waals surface area contributed by atoms with Crippen LogP contribution in [0.5, 0.6) is 5.75 Å². The van der Waals surface area contributed by atoms with Gasteiger partial charge in [-0.15, -0.1) is 0 Å². The van der Waals surface area contributed by atoms with Gasteiger partial charge in [0.05, 0.1) is 17.8 Å². The number of nitrogens with zero attached hydrogens (tertiary/aromatic N) is 1. The maximum Gasteiger partial charge on any atom is 0.179 e. The SMILES string of the molecule is COc1ccc(CN(C)CCS(=O)(=O)c2ccc(Cl)cc2)cc1F. The Balaban J connectivity index is 1.96.